The molecule has 4 rings (SSSR count). The standard InChI is InChI=1S/C26H30N6/c1-3-13-27-17-25-29-16-24(32-25)21-10-7-19(8-11-21)5-6-20-9-12-22-23(15-20)31-26(30-22)18-28-14-4-2/h7-12,15-16,27-28H,3-4,13-14,17-18H2,1-2H3,(H,29,32)(H,30,31). The van der Waals surface area contributed by atoms with E-state index in [1.807, 2.05) is 30.5 Å². The number of imidazole rings is 2. The topological polar surface area (TPSA) is 81.4 Å². The van der Waals surface area contributed by atoms with Gasteiger partial charge in [0.25, 0.3) is 0 Å². The molecule has 0 aliphatic carbocycles. The van der Waals surface area contributed by atoms with Crippen LogP contribution in [0.4, 0.5) is 0 Å². The number of nitrogens with one attached hydrogen (secondary N) is 4. The monoisotopic (exact) mass is 426 g/mol. The molecule has 2 aromatic carbocycles. The predicted octanol–water partition coefficient (Wildman–Crippen LogP) is 4.35. The van der Waals surface area contributed by atoms with Crippen molar-refractivity contribution < 1.29 is 0 Å². The maximum absolute atomic E-state index is 4.63. The zero-order chi connectivity index (χ0) is 22.2. The highest BCUT2D eigenvalue weighted by Crippen LogP contribution is 2.18. The van der Waals surface area contributed by atoms with Crippen molar-refractivity contribution in [3.05, 3.63) is 71.4 Å². The van der Waals surface area contributed by atoms with E-state index in [-0.39, 0.29) is 0 Å². The normalized spacial score (nSPS) is 10.9. The molecule has 4 aromatic rings. The first-order valence-corrected chi connectivity index (χ1v) is 11.3. The molecule has 6 heteroatoms. The van der Waals surface area contributed by atoms with Gasteiger partial charge < -0.3 is 20.6 Å². The lowest BCUT2D eigenvalue weighted by Crippen LogP contribution is -2.14. The van der Waals surface area contributed by atoms with Crippen LogP contribution in [0.1, 0.15) is 49.5 Å². The average molecular weight is 427 g/mol. The van der Waals surface area contributed by atoms with Crippen molar-refractivity contribution >= 4 is 11.0 Å². The maximum Gasteiger partial charge on any atom is 0.121 e. The highest BCUT2D eigenvalue weighted by molar-refractivity contribution is 5.77. The quantitative estimate of drug-likeness (QED) is 0.237. The van der Waals surface area contributed by atoms with E-state index in [9.17, 15) is 0 Å². The van der Waals surface area contributed by atoms with E-state index in [0.29, 0.717) is 0 Å². The van der Waals surface area contributed by atoms with Crippen LogP contribution in [0.15, 0.2) is 48.7 Å². The number of aromatic nitrogens is 4. The van der Waals surface area contributed by atoms with Gasteiger partial charge in [-0.3, -0.25) is 0 Å². The van der Waals surface area contributed by atoms with Crippen LogP contribution in [0.5, 0.6) is 0 Å². The van der Waals surface area contributed by atoms with E-state index in [4.69, 9.17) is 0 Å². The lowest BCUT2D eigenvalue weighted by Gasteiger charge is -2.00. The molecular formula is C26H30N6. The number of aromatic amines is 2. The van der Waals surface area contributed by atoms with Crippen molar-refractivity contribution in [2.45, 2.75) is 39.8 Å². The molecule has 0 spiro atoms. The number of H-pyrrole nitrogens is 2. The second-order valence-electron chi connectivity index (χ2n) is 7.84. The molecule has 0 bridgehead atoms. The van der Waals surface area contributed by atoms with Crippen LogP contribution in [0, 0.1) is 11.8 Å². The first kappa shape index (κ1) is 21.8. The Kier molecular flexibility index (Phi) is 7.34. The molecule has 0 atom stereocenters. The zero-order valence-electron chi connectivity index (χ0n) is 18.8. The van der Waals surface area contributed by atoms with E-state index >= 15 is 0 Å². The van der Waals surface area contributed by atoms with Crippen molar-refractivity contribution in [2.24, 2.45) is 0 Å². The molecule has 0 fully saturated rings. The Morgan fingerprint density at radius 3 is 2.25 bits per heavy atom. The molecule has 0 aliphatic heterocycles. The summed E-state index contributed by atoms with van der Waals surface area (Å²) in [6.07, 6.45) is 4.11. The molecule has 0 saturated heterocycles. The smallest absolute Gasteiger partial charge is 0.121 e. The van der Waals surface area contributed by atoms with Crippen molar-refractivity contribution in [3.8, 4) is 23.1 Å². The summed E-state index contributed by atoms with van der Waals surface area (Å²) in [5.41, 5.74) is 6.06. The first-order valence-electron chi connectivity index (χ1n) is 11.3. The molecule has 6 nitrogen and oxygen atoms in total. The highest BCUT2D eigenvalue weighted by Gasteiger charge is 2.04. The third-order valence-corrected chi connectivity index (χ3v) is 5.14. The number of hydrogen-bond donors (Lipinski definition) is 4. The highest BCUT2D eigenvalue weighted by atomic mass is 15.0. The van der Waals surface area contributed by atoms with Crippen molar-refractivity contribution in [3.63, 3.8) is 0 Å². The molecule has 2 heterocycles. The summed E-state index contributed by atoms with van der Waals surface area (Å²) in [7, 11) is 0. The summed E-state index contributed by atoms with van der Waals surface area (Å²) >= 11 is 0. The number of nitrogens with zero attached hydrogens (tertiary/aromatic N) is 2. The summed E-state index contributed by atoms with van der Waals surface area (Å²) in [6.45, 7) is 7.81. The van der Waals surface area contributed by atoms with Crippen LogP contribution in [0.25, 0.3) is 22.3 Å². The second kappa shape index (κ2) is 10.8. The van der Waals surface area contributed by atoms with Crippen LogP contribution < -0.4 is 10.6 Å². The van der Waals surface area contributed by atoms with Gasteiger partial charge >= 0.3 is 0 Å². The van der Waals surface area contributed by atoms with Crippen LogP contribution in [0.3, 0.4) is 0 Å². The zero-order valence-corrected chi connectivity index (χ0v) is 18.8. The van der Waals surface area contributed by atoms with E-state index in [1.54, 1.807) is 0 Å². The molecule has 0 amide bonds. The SMILES string of the molecule is CCCNCc1ncc(-c2ccc(C#Cc3ccc4nc(CNCCC)[nH]c4c3)cc2)[nH]1. The van der Waals surface area contributed by atoms with Crippen LogP contribution in [0.2, 0.25) is 0 Å². The lowest BCUT2D eigenvalue weighted by atomic mass is 10.1. The van der Waals surface area contributed by atoms with Crippen LogP contribution in [-0.4, -0.2) is 33.0 Å². The lowest BCUT2D eigenvalue weighted by molar-refractivity contribution is 0.655. The van der Waals surface area contributed by atoms with Gasteiger partial charge in [-0.15, -0.1) is 0 Å². The van der Waals surface area contributed by atoms with Crippen molar-refractivity contribution in [2.75, 3.05) is 13.1 Å². The third kappa shape index (κ3) is 5.64. The molecule has 0 aliphatic rings. The number of benzene rings is 2. The third-order valence-electron chi connectivity index (χ3n) is 5.14. The fraction of sp³-hybridized carbons (Fsp3) is 0.308. The van der Waals surface area contributed by atoms with Gasteiger partial charge in [0.2, 0.25) is 0 Å². The Labute approximate surface area is 189 Å². The minimum Gasteiger partial charge on any atom is -0.341 e. The van der Waals surface area contributed by atoms with Crippen molar-refractivity contribution in [1.82, 2.24) is 30.6 Å². The predicted molar refractivity (Wildman–Crippen MR) is 130 cm³/mol. The Morgan fingerprint density at radius 2 is 1.50 bits per heavy atom. The summed E-state index contributed by atoms with van der Waals surface area (Å²) in [4.78, 5) is 15.8. The minimum absolute atomic E-state index is 0.753. The molecule has 4 N–H and O–H groups in total. The van der Waals surface area contributed by atoms with Crippen LogP contribution >= 0.6 is 0 Å². The van der Waals surface area contributed by atoms with Gasteiger partial charge in [-0.2, -0.15) is 0 Å². The molecule has 0 unspecified atom stereocenters. The summed E-state index contributed by atoms with van der Waals surface area (Å²) in [6, 6.07) is 14.4. The Morgan fingerprint density at radius 1 is 0.812 bits per heavy atom. The van der Waals surface area contributed by atoms with E-state index in [2.05, 4.69) is 74.5 Å². The van der Waals surface area contributed by atoms with E-state index in [0.717, 1.165) is 84.1 Å². The fourth-order valence-electron chi connectivity index (χ4n) is 3.47. The van der Waals surface area contributed by atoms with E-state index in [1.165, 1.54) is 0 Å². The minimum atomic E-state index is 0.753. The van der Waals surface area contributed by atoms with Crippen molar-refractivity contribution in [1.29, 1.82) is 0 Å². The fourth-order valence-corrected chi connectivity index (χ4v) is 3.47. The molecule has 0 saturated carbocycles. The van der Waals surface area contributed by atoms with Gasteiger partial charge in [-0.05, 0) is 61.8 Å². The molecule has 32 heavy (non-hydrogen) atoms. The Balaban J connectivity index is 1.41. The summed E-state index contributed by atoms with van der Waals surface area (Å²) in [5, 5.41) is 6.73. The van der Waals surface area contributed by atoms with Gasteiger partial charge in [-0.1, -0.05) is 37.8 Å². The van der Waals surface area contributed by atoms with Crippen LogP contribution in [-0.2, 0) is 13.1 Å². The largest absolute Gasteiger partial charge is 0.341 e. The van der Waals surface area contributed by atoms with Gasteiger partial charge in [0.15, 0.2) is 0 Å². The number of fused-ring (bicyclic) bond motifs is 1. The van der Waals surface area contributed by atoms with Gasteiger partial charge in [0.1, 0.15) is 11.6 Å². The molecule has 164 valence electrons. The summed E-state index contributed by atoms with van der Waals surface area (Å²) in [5.74, 6) is 8.44. The van der Waals surface area contributed by atoms with Gasteiger partial charge in [0, 0.05) is 11.1 Å². The first-order chi connectivity index (χ1) is 15.7. The number of rotatable bonds is 9. The molecule has 0 radical (unpaired) electrons. The summed E-state index contributed by atoms with van der Waals surface area (Å²) < 4.78 is 0. The van der Waals surface area contributed by atoms with Gasteiger partial charge in [0.05, 0.1) is 36.0 Å². The average Bonchev–Trinajstić information content (AvgIpc) is 3.45. The number of hydrogen-bond acceptors (Lipinski definition) is 4. The second-order valence-corrected chi connectivity index (χ2v) is 7.84. The Bertz CT molecular complexity index is 1210. The van der Waals surface area contributed by atoms with Gasteiger partial charge in [-0.25, -0.2) is 9.97 Å². The maximum atomic E-state index is 4.63. The van der Waals surface area contributed by atoms with E-state index < -0.39 is 0 Å². The Hall–Kier alpha value is -3.40. The molecule has 2 aromatic heterocycles. The molecular weight excluding hydrogens is 396 g/mol.